The van der Waals surface area contributed by atoms with Crippen LogP contribution in [0.4, 0.5) is 0 Å². The number of pyridine rings is 1. The second kappa shape index (κ2) is 5.31. The van der Waals surface area contributed by atoms with Crippen LogP contribution in [-0.2, 0) is 11.3 Å². The molecule has 0 fully saturated rings. The SMILES string of the molecule is N[C@@H](CNCc1ccccn1)C(=O)O. The molecular formula is C9H13N3O2. The lowest BCUT2D eigenvalue weighted by atomic mass is 10.3. The number of aliphatic carboxylic acids is 1. The molecule has 1 atom stereocenters. The largest absolute Gasteiger partial charge is 0.480 e. The van der Waals surface area contributed by atoms with Crippen LogP contribution >= 0.6 is 0 Å². The highest BCUT2D eigenvalue weighted by molar-refractivity contribution is 5.73. The summed E-state index contributed by atoms with van der Waals surface area (Å²) in [7, 11) is 0. The molecule has 0 aliphatic heterocycles. The highest BCUT2D eigenvalue weighted by atomic mass is 16.4. The van der Waals surface area contributed by atoms with E-state index in [1.807, 2.05) is 18.2 Å². The Morgan fingerprint density at radius 3 is 3.00 bits per heavy atom. The number of carbonyl (C=O) groups is 1. The summed E-state index contributed by atoms with van der Waals surface area (Å²) in [5, 5.41) is 11.4. The van der Waals surface area contributed by atoms with Gasteiger partial charge in [0.25, 0.3) is 0 Å². The Labute approximate surface area is 82.0 Å². The molecule has 0 bridgehead atoms. The van der Waals surface area contributed by atoms with Crippen LogP contribution < -0.4 is 11.1 Å². The summed E-state index contributed by atoms with van der Waals surface area (Å²) in [6.45, 7) is 0.772. The van der Waals surface area contributed by atoms with E-state index >= 15 is 0 Å². The van der Waals surface area contributed by atoms with Crippen molar-refractivity contribution in [2.45, 2.75) is 12.6 Å². The van der Waals surface area contributed by atoms with E-state index in [0.29, 0.717) is 6.54 Å². The van der Waals surface area contributed by atoms with Crippen LogP contribution in [0.1, 0.15) is 5.69 Å². The molecule has 0 amide bonds. The lowest BCUT2D eigenvalue weighted by molar-refractivity contribution is -0.138. The summed E-state index contributed by atoms with van der Waals surface area (Å²) in [6.07, 6.45) is 1.69. The predicted molar refractivity (Wildman–Crippen MR) is 51.6 cm³/mol. The van der Waals surface area contributed by atoms with Crippen molar-refractivity contribution in [3.8, 4) is 0 Å². The van der Waals surface area contributed by atoms with Gasteiger partial charge in [-0.25, -0.2) is 0 Å². The topological polar surface area (TPSA) is 88.2 Å². The van der Waals surface area contributed by atoms with Gasteiger partial charge in [0, 0.05) is 19.3 Å². The van der Waals surface area contributed by atoms with Crippen LogP contribution in [-0.4, -0.2) is 28.6 Å². The first-order valence-electron chi connectivity index (χ1n) is 4.29. The summed E-state index contributed by atoms with van der Waals surface area (Å²) in [5.41, 5.74) is 6.16. The minimum absolute atomic E-state index is 0.242. The van der Waals surface area contributed by atoms with E-state index < -0.39 is 12.0 Å². The molecule has 0 aliphatic rings. The van der Waals surface area contributed by atoms with Crippen molar-refractivity contribution in [3.63, 3.8) is 0 Å². The number of nitrogens with one attached hydrogen (secondary N) is 1. The number of hydrogen-bond donors (Lipinski definition) is 3. The summed E-state index contributed by atoms with van der Waals surface area (Å²) < 4.78 is 0. The van der Waals surface area contributed by atoms with Gasteiger partial charge < -0.3 is 16.2 Å². The van der Waals surface area contributed by atoms with Crippen molar-refractivity contribution in [1.29, 1.82) is 0 Å². The third-order valence-corrected chi connectivity index (χ3v) is 1.71. The third kappa shape index (κ3) is 3.51. The molecule has 0 radical (unpaired) electrons. The van der Waals surface area contributed by atoms with E-state index in [-0.39, 0.29) is 6.54 Å². The average molecular weight is 195 g/mol. The Hall–Kier alpha value is -1.46. The molecule has 1 aromatic rings. The first kappa shape index (κ1) is 10.6. The van der Waals surface area contributed by atoms with Crippen molar-refractivity contribution in [1.82, 2.24) is 10.3 Å². The van der Waals surface area contributed by atoms with Gasteiger partial charge in [-0.05, 0) is 12.1 Å². The fourth-order valence-corrected chi connectivity index (χ4v) is 0.946. The number of nitrogens with zero attached hydrogens (tertiary/aromatic N) is 1. The van der Waals surface area contributed by atoms with E-state index in [4.69, 9.17) is 10.8 Å². The normalized spacial score (nSPS) is 12.4. The molecule has 5 heteroatoms. The van der Waals surface area contributed by atoms with Crippen molar-refractivity contribution in [2.75, 3.05) is 6.54 Å². The molecule has 0 aromatic carbocycles. The average Bonchev–Trinajstić information content (AvgIpc) is 2.19. The van der Waals surface area contributed by atoms with Crippen LogP contribution in [0.15, 0.2) is 24.4 Å². The number of carboxylic acid groups (broad SMARTS) is 1. The molecule has 0 saturated carbocycles. The van der Waals surface area contributed by atoms with Crippen molar-refractivity contribution in [2.24, 2.45) is 5.73 Å². The van der Waals surface area contributed by atoms with Crippen molar-refractivity contribution >= 4 is 5.97 Å². The molecule has 0 unspecified atom stereocenters. The Kier molecular flexibility index (Phi) is 4.03. The zero-order valence-corrected chi connectivity index (χ0v) is 7.68. The second-order valence-corrected chi connectivity index (χ2v) is 2.90. The first-order valence-corrected chi connectivity index (χ1v) is 4.29. The minimum Gasteiger partial charge on any atom is -0.480 e. The molecule has 1 rings (SSSR count). The van der Waals surface area contributed by atoms with Crippen LogP contribution in [0.5, 0.6) is 0 Å². The molecule has 76 valence electrons. The Morgan fingerprint density at radius 2 is 2.43 bits per heavy atom. The maximum Gasteiger partial charge on any atom is 0.321 e. The van der Waals surface area contributed by atoms with Crippen LogP contribution in [0.25, 0.3) is 0 Å². The van der Waals surface area contributed by atoms with Gasteiger partial charge in [0.2, 0.25) is 0 Å². The van der Waals surface area contributed by atoms with Crippen LogP contribution in [0.2, 0.25) is 0 Å². The Morgan fingerprint density at radius 1 is 1.64 bits per heavy atom. The van der Waals surface area contributed by atoms with Crippen molar-refractivity contribution < 1.29 is 9.90 Å². The van der Waals surface area contributed by atoms with E-state index in [9.17, 15) is 4.79 Å². The predicted octanol–water partition coefficient (Wildman–Crippen LogP) is -0.417. The quantitative estimate of drug-likeness (QED) is 0.594. The zero-order valence-electron chi connectivity index (χ0n) is 7.68. The zero-order chi connectivity index (χ0) is 10.4. The molecule has 0 saturated heterocycles. The number of aromatic nitrogens is 1. The standard InChI is InChI=1S/C9H13N3O2/c10-8(9(13)14)6-11-5-7-3-1-2-4-12-7/h1-4,8,11H,5-6,10H2,(H,13,14)/t8-/m0/s1. The van der Waals surface area contributed by atoms with Gasteiger partial charge in [0.1, 0.15) is 6.04 Å². The third-order valence-electron chi connectivity index (χ3n) is 1.71. The molecule has 1 aromatic heterocycles. The van der Waals surface area contributed by atoms with Crippen LogP contribution in [0.3, 0.4) is 0 Å². The maximum absolute atomic E-state index is 10.4. The molecule has 1 heterocycles. The van der Waals surface area contributed by atoms with Gasteiger partial charge in [0.15, 0.2) is 0 Å². The molecule has 0 spiro atoms. The van der Waals surface area contributed by atoms with Crippen molar-refractivity contribution in [3.05, 3.63) is 30.1 Å². The van der Waals surface area contributed by atoms with Gasteiger partial charge in [-0.2, -0.15) is 0 Å². The lowest BCUT2D eigenvalue weighted by Gasteiger charge is -2.07. The fraction of sp³-hybridized carbons (Fsp3) is 0.333. The highest BCUT2D eigenvalue weighted by Crippen LogP contribution is 1.91. The highest BCUT2D eigenvalue weighted by Gasteiger charge is 2.09. The molecule has 0 aliphatic carbocycles. The number of rotatable bonds is 5. The summed E-state index contributed by atoms with van der Waals surface area (Å²) in [6, 6.07) is 4.70. The number of carboxylic acids is 1. The number of nitrogens with two attached hydrogens (primary N) is 1. The van der Waals surface area contributed by atoms with Gasteiger partial charge in [-0.3, -0.25) is 9.78 Å². The minimum atomic E-state index is -1.00. The smallest absolute Gasteiger partial charge is 0.321 e. The van der Waals surface area contributed by atoms with Crippen LogP contribution in [0, 0.1) is 0 Å². The fourth-order valence-electron chi connectivity index (χ4n) is 0.946. The Balaban J connectivity index is 2.26. The van der Waals surface area contributed by atoms with Gasteiger partial charge >= 0.3 is 5.97 Å². The van der Waals surface area contributed by atoms with E-state index in [1.165, 1.54) is 0 Å². The Bertz CT molecular complexity index is 289. The second-order valence-electron chi connectivity index (χ2n) is 2.90. The molecule has 4 N–H and O–H groups in total. The van der Waals surface area contributed by atoms with Gasteiger partial charge in [0.05, 0.1) is 5.69 Å². The number of hydrogen-bond acceptors (Lipinski definition) is 4. The molecule has 14 heavy (non-hydrogen) atoms. The van der Waals surface area contributed by atoms with Gasteiger partial charge in [-0.15, -0.1) is 0 Å². The maximum atomic E-state index is 10.4. The van der Waals surface area contributed by atoms with E-state index in [1.54, 1.807) is 6.20 Å². The summed E-state index contributed by atoms with van der Waals surface area (Å²) in [4.78, 5) is 14.4. The first-order chi connectivity index (χ1) is 6.70. The molecule has 5 nitrogen and oxygen atoms in total. The monoisotopic (exact) mass is 195 g/mol. The van der Waals surface area contributed by atoms with Gasteiger partial charge in [-0.1, -0.05) is 6.07 Å². The van der Waals surface area contributed by atoms with E-state index in [0.717, 1.165) is 5.69 Å². The summed E-state index contributed by atoms with van der Waals surface area (Å²) >= 11 is 0. The van der Waals surface area contributed by atoms with E-state index in [2.05, 4.69) is 10.3 Å². The lowest BCUT2D eigenvalue weighted by Crippen LogP contribution is -2.40. The summed E-state index contributed by atoms with van der Waals surface area (Å²) in [5.74, 6) is -1.00. The molecular weight excluding hydrogens is 182 g/mol.